The topological polar surface area (TPSA) is 99.1 Å². The van der Waals surface area contributed by atoms with E-state index in [9.17, 15) is 10.4 Å². The Bertz CT molecular complexity index is 1560. The molecule has 1 fully saturated rings. The fraction of sp³-hybridized carbons (Fsp3) is 0.323. The number of aromatic nitrogens is 3. The molecule has 9 nitrogen and oxygen atoms in total. The zero-order valence-electron chi connectivity index (χ0n) is 23.0. The van der Waals surface area contributed by atoms with E-state index in [0.29, 0.717) is 16.8 Å². The molecule has 3 aromatic heterocycles. The molecule has 0 aliphatic carbocycles. The summed E-state index contributed by atoms with van der Waals surface area (Å²) in [6, 6.07) is 15.9. The van der Waals surface area contributed by atoms with Gasteiger partial charge in [-0.05, 0) is 56.3 Å². The van der Waals surface area contributed by atoms with E-state index in [1.165, 1.54) is 0 Å². The van der Waals surface area contributed by atoms with Crippen LogP contribution >= 0.6 is 0 Å². The molecule has 0 bridgehead atoms. The zero-order valence-corrected chi connectivity index (χ0v) is 23.0. The van der Waals surface area contributed by atoms with E-state index in [4.69, 9.17) is 14.5 Å². The third kappa shape index (κ3) is 6.35. The summed E-state index contributed by atoms with van der Waals surface area (Å²) in [5, 5.41) is 24.0. The van der Waals surface area contributed by atoms with Gasteiger partial charge in [-0.3, -0.25) is 4.90 Å². The van der Waals surface area contributed by atoms with Gasteiger partial charge in [-0.25, -0.2) is 9.50 Å². The molecule has 9 heteroatoms. The second kappa shape index (κ2) is 11.7. The van der Waals surface area contributed by atoms with Gasteiger partial charge in [0, 0.05) is 49.1 Å². The van der Waals surface area contributed by atoms with Crippen molar-refractivity contribution in [2.75, 3.05) is 51.3 Å². The van der Waals surface area contributed by atoms with Gasteiger partial charge in [0.15, 0.2) is 0 Å². The molecule has 0 atom stereocenters. The van der Waals surface area contributed by atoms with Crippen LogP contribution in [0.25, 0.3) is 16.6 Å². The van der Waals surface area contributed by atoms with Crippen LogP contribution in [-0.2, 0) is 0 Å². The van der Waals surface area contributed by atoms with Crippen LogP contribution in [0.15, 0.2) is 61.1 Å². The molecule has 0 unspecified atom stereocenters. The molecule has 204 valence electrons. The van der Waals surface area contributed by atoms with Crippen molar-refractivity contribution < 1.29 is 14.6 Å². The Morgan fingerprint density at radius 2 is 1.80 bits per heavy atom. The predicted octanol–water partition coefficient (Wildman–Crippen LogP) is 3.60. The number of hydrogen-bond donors (Lipinski definition) is 1. The maximum atomic E-state index is 10.1. The number of pyridine rings is 2. The number of aliphatic hydroxyl groups is 1. The van der Waals surface area contributed by atoms with Crippen LogP contribution in [0, 0.1) is 23.2 Å². The van der Waals surface area contributed by atoms with Gasteiger partial charge in [-0.2, -0.15) is 10.4 Å². The lowest BCUT2D eigenvalue weighted by Gasteiger charge is -2.34. The summed E-state index contributed by atoms with van der Waals surface area (Å²) in [5.41, 5.74) is 2.81. The SMILES string of the molecule is COc1ccc(C#CCN2CCN(c3ccc(-c4cc(OCC(C)(C)O)cn5ncc(C#N)c45)cn3)CC2)cc1. The molecular formula is C31H32N6O3. The molecule has 4 aromatic rings. The monoisotopic (exact) mass is 536 g/mol. The van der Waals surface area contributed by atoms with Gasteiger partial charge in [0.05, 0.1) is 42.7 Å². The van der Waals surface area contributed by atoms with Crippen LogP contribution in [0.3, 0.4) is 0 Å². The molecule has 1 N–H and O–H groups in total. The summed E-state index contributed by atoms with van der Waals surface area (Å²) in [4.78, 5) is 9.38. The maximum absolute atomic E-state index is 10.1. The van der Waals surface area contributed by atoms with Crippen molar-refractivity contribution in [2.45, 2.75) is 19.4 Å². The minimum atomic E-state index is -0.979. The molecule has 1 saturated heterocycles. The smallest absolute Gasteiger partial charge is 0.138 e. The van der Waals surface area contributed by atoms with Crippen molar-refractivity contribution in [3.05, 3.63) is 72.2 Å². The average Bonchev–Trinajstić information content (AvgIpc) is 3.39. The molecule has 4 heterocycles. The van der Waals surface area contributed by atoms with Gasteiger partial charge in [0.25, 0.3) is 0 Å². The number of anilines is 1. The average molecular weight is 537 g/mol. The fourth-order valence-corrected chi connectivity index (χ4v) is 4.53. The molecular weight excluding hydrogens is 504 g/mol. The maximum Gasteiger partial charge on any atom is 0.138 e. The highest BCUT2D eigenvalue weighted by Gasteiger charge is 2.19. The third-order valence-electron chi connectivity index (χ3n) is 6.68. The largest absolute Gasteiger partial charge is 0.497 e. The molecule has 0 saturated carbocycles. The summed E-state index contributed by atoms with van der Waals surface area (Å²) in [7, 11) is 1.66. The van der Waals surface area contributed by atoms with Crippen LogP contribution in [0.2, 0.25) is 0 Å². The third-order valence-corrected chi connectivity index (χ3v) is 6.68. The molecule has 0 amide bonds. The molecule has 0 spiro atoms. The Kier molecular flexibility index (Phi) is 7.88. The lowest BCUT2D eigenvalue weighted by atomic mass is 10.1. The second-order valence-corrected chi connectivity index (χ2v) is 10.4. The van der Waals surface area contributed by atoms with Crippen LogP contribution < -0.4 is 14.4 Å². The molecule has 5 rings (SSSR count). The van der Waals surface area contributed by atoms with Crippen molar-refractivity contribution >= 4 is 11.3 Å². The molecule has 1 aliphatic rings. The second-order valence-electron chi connectivity index (χ2n) is 10.4. The summed E-state index contributed by atoms with van der Waals surface area (Å²) in [5.74, 6) is 8.79. The van der Waals surface area contributed by atoms with E-state index in [0.717, 1.165) is 61.0 Å². The highest BCUT2D eigenvalue weighted by molar-refractivity contribution is 5.85. The first kappa shape index (κ1) is 27.0. The summed E-state index contributed by atoms with van der Waals surface area (Å²) >= 11 is 0. The van der Waals surface area contributed by atoms with Gasteiger partial charge in [0.2, 0.25) is 0 Å². The lowest BCUT2D eigenvalue weighted by molar-refractivity contribution is 0.0283. The molecule has 40 heavy (non-hydrogen) atoms. The number of benzene rings is 1. The predicted molar refractivity (Wildman–Crippen MR) is 153 cm³/mol. The number of rotatable bonds is 7. The Morgan fingerprint density at radius 3 is 2.45 bits per heavy atom. The van der Waals surface area contributed by atoms with Crippen LogP contribution in [0.1, 0.15) is 25.0 Å². The zero-order chi connectivity index (χ0) is 28.1. The first-order valence-electron chi connectivity index (χ1n) is 13.2. The van der Waals surface area contributed by atoms with E-state index in [2.05, 4.69) is 32.8 Å². The van der Waals surface area contributed by atoms with Crippen molar-refractivity contribution in [1.82, 2.24) is 19.5 Å². The Hall–Kier alpha value is -4.57. The van der Waals surface area contributed by atoms with Gasteiger partial charge in [0.1, 0.15) is 30.0 Å². The number of nitriles is 1. The normalized spacial score (nSPS) is 13.9. The number of hydrogen-bond acceptors (Lipinski definition) is 8. The highest BCUT2D eigenvalue weighted by atomic mass is 16.5. The molecule has 0 radical (unpaired) electrons. The summed E-state index contributed by atoms with van der Waals surface area (Å²) < 4.78 is 12.7. The summed E-state index contributed by atoms with van der Waals surface area (Å²) in [6.07, 6.45) is 5.08. The minimum Gasteiger partial charge on any atom is -0.497 e. The van der Waals surface area contributed by atoms with E-state index in [1.807, 2.05) is 48.7 Å². The van der Waals surface area contributed by atoms with Crippen LogP contribution in [0.4, 0.5) is 5.82 Å². The van der Waals surface area contributed by atoms with Crippen molar-refractivity contribution in [1.29, 1.82) is 5.26 Å². The van der Waals surface area contributed by atoms with Crippen LogP contribution in [-0.4, -0.2) is 76.6 Å². The number of piperazine rings is 1. The standard InChI is InChI=1S/C31H32N6O3/c1-31(2,38)22-40-27-17-28(30-25(18-32)20-34-37(30)21-27)24-8-11-29(33-19-24)36-15-13-35(14-16-36)12-4-5-23-6-9-26(39-3)10-7-23/h6-11,17,19-21,38H,12-16,22H2,1-3H3. The molecule has 1 aromatic carbocycles. The van der Waals surface area contributed by atoms with Gasteiger partial charge >= 0.3 is 0 Å². The number of nitrogens with zero attached hydrogens (tertiary/aromatic N) is 6. The summed E-state index contributed by atoms with van der Waals surface area (Å²) in [6.45, 7) is 7.76. The quantitative estimate of drug-likeness (QED) is 0.358. The fourth-order valence-electron chi connectivity index (χ4n) is 4.53. The van der Waals surface area contributed by atoms with E-state index in [-0.39, 0.29) is 6.61 Å². The lowest BCUT2D eigenvalue weighted by Crippen LogP contribution is -2.46. The van der Waals surface area contributed by atoms with Gasteiger partial charge in [-0.15, -0.1) is 0 Å². The number of ether oxygens (including phenoxy) is 2. The minimum absolute atomic E-state index is 0.126. The Balaban J connectivity index is 1.26. The first-order valence-corrected chi connectivity index (χ1v) is 13.2. The van der Waals surface area contributed by atoms with Crippen molar-refractivity contribution in [2.24, 2.45) is 0 Å². The first-order chi connectivity index (χ1) is 19.3. The Labute approximate surface area is 234 Å². The van der Waals surface area contributed by atoms with Crippen molar-refractivity contribution in [3.63, 3.8) is 0 Å². The van der Waals surface area contributed by atoms with E-state index < -0.39 is 5.60 Å². The number of methoxy groups -OCH3 is 1. The number of fused-ring (bicyclic) bond motifs is 1. The van der Waals surface area contributed by atoms with Crippen molar-refractivity contribution in [3.8, 4) is 40.5 Å². The van der Waals surface area contributed by atoms with E-state index >= 15 is 0 Å². The molecule has 1 aliphatic heterocycles. The highest BCUT2D eigenvalue weighted by Crippen LogP contribution is 2.31. The van der Waals surface area contributed by atoms with E-state index in [1.54, 1.807) is 37.9 Å². The Morgan fingerprint density at radius 1 is 1.02 bits per heavy atom. The van der Waals surface area contributed by atoms with Gasteiger partial charge in [-0.1, -0.05) is 11.8 Å². The van der Waals surface area contributed by atoms with Crippen LogP contribution in [0.5, 0.6) is 11.5 Å². The van der Waals surface area contributed by atoms with Gasteiger partial charge < -0.3 is 19.5 Å².